The quantitative estimate of drug-likeness (QED) is 0.853. The van der Waals surface area contributed by atoms with Crippen LogP contribution in [0.3, 0.4) is 0 Å². The average Bonchev–Trinajstić information content (AvgIpc) is 2.45. The minimum absolute atomic E-state index is 0.196. The molecule has 2 rings (SSSR count). The Kier molecular flexibility index (Phi) is 5.73. The number of piperidine rings is 1. The van der Waals surface area contributed by atoms with Crippen molar-refractivity contribution >= 4 is 27.7 Å². The summed E-state index contributed by atoms with van der Waals surface area (Å²) in [7, 11) is 0. The van der Waals surface area contributed by atoms with Crippen molar-refractivity contribution in [3.8, 4) is 0 Å². The lowest BCUT2D eigenvalue weighted by Crippen LogP contribution is -2.44. The number of ether oxygens (including phenoxy) is 1. The Balaban J connectivity index is 1.86. The van der Waals surface area contributed by atoms with Crippen LogP contribution in [0, 0.1) is 5.92 Å². The number of carbonyl (C=O) groups excluding carboxylic acids is 1. The summed E-state index contributed by atoms with van der Waals surface area (Å²) in [6, 6.07) is 8.09. The van der Waals surface area contributed by atoms with Crippen molar-refractivity contribution in [3.63, 3.8) is 0 Å². The average molecular weight is 369 g/mol. The summed E-state index contributed by atoms with van der Waals surface area (Å²) in [5.74, 6) is 0.452. The van der Waals surface area contributed by atoms with E-state index in [2.05, 4.69) is 27.3 Å². The number of para-hydroxylation sites is 1. The molecule has 1 amide bonds. The second-order valence-corrected chi connectivity index (χ2v) is 7.65. The molecule has 0 aliphatic carbocycles. The molecule has 0 saturated carbocycles. The molecule has 4 nitrogen and oxygen atoms in total. The number of rotatable bonds is 3. The molecule has 1 N–H and O–H groups in total. The first-order chi connectivity index (χ1) is 10.3. The smallest absolute Gasteiger partial charge is 0.410 e. The van der Waals surface area contributed by atoms with Crippen molar-refractivity contribution in [2.75, 3.05) is 25.0 Å². The maximum absolute atomic E-state index is 12.2. The number of halogens is 1. The first-order valence-electron chi connectivity index (χ1n) is 7.81. The highest BCUT2D eigenvalue weighted by Crippen LogP contribution is 2.24. The highest BCUT2D eigenvalue weighted by atomic mass is 79.9. The number of amides is 1. The van der Waals surface area contributed by atoms with E-state index in [0.717, 1.165) is 42.6 Å². The van der Waals surface area contributed by atoms with Crippen LogP contribution in [0.1, 0.15) is 33.6 Å². The number of anilines is 1. The molecule has 1 atom stereocenters. The lowest BCUT2D eigenvalue weighted by atomic mass is 9.98. The first kappa shape index (κ1) is 17.1. The van der Waals surface area contributed by atoms with E-state index in [1.165, 1.54) is 0 Å². The molecule has 1 saturated heterocycles. The highest BCUT2D eigenvalue weighted by Gasteiger charge is 2.27. The van der Waals surface area contributed by atoms with Gasteiger partial charge in [0.1, 0.15) is 5.60 Å². The molecule has 0 aromatic heterocycles. The van der Waals surface area contributed by atoms with Gasteiger partial charge in [-0.1, -0.05) is 12.1 Å². The van der Waals surface area contributed by atoms with Gasteiger partial charge in [-0.05, 0) is 67.6 Å². The lowest BCUT2D eigenvalue weighted by Gasteiger charge is -2.34. The molecule has 1 aromatic rings. The largest absolute Gasteiger partial charge is 0.444 e. The standard InChI is InChI=1S/C17H25BrN2O2/c1-17(2,3)22-16(21)20-10-6-7-13(12-20)11-19-15-9-5-4-8-14(15)18/h4-5,8-9,13,19H,6-7,10-12H2,1-3H3/t13-/m0/s1. The van der Waals surface area contributed by atoms with Crippen LogP contribution in [0.4, 0.5) is 10.5 Å². The maximum Gasteiger partial charge on any atom is 0.410 e. The van der Waals surface area contributed by atoms with Crippen molar-refractivity contribution in [1.82, 2.24) is 4.90 Å². The molecule has 1 aliphatic rings. The number of hydrogen-bond donors (Lipinski definition) is 1. The topological polar surface area (TPSA) is 41.6 Å². The van der Waals surface area contributed by atoms with Crippen LogP contribution in [0.15, 0.2) is 28.7 Å². The van der Waals surface area contributed by atoms with E-state index in [4.69, 9.17) is 4.74 Å². The third-order valence-corrected chi connectivity index (χ3v) is 4.32. The monoisotopic (exact) mass is 368 g/mol. The summed E-state index contributed by atoms with van der Waals surface area (Å²) in [6.45, 7) is 8.12. The molecule has 0 spiro atoms. The summed E-state index contributed by atoms with van der Waals surface area (Å²) >= 11 is 3.54. The predicted octanol–water partition coefficient (Wildman–Crippen LogP) is 4.51. The molecule has 0 radical (unpaired) electrons. The number of nitrogens with zero attached hydrogens (tertiary/aromatic N) is 1. The summed E-state index contributed by atoms with van der Waals surface area (Å²) < 4.78 is 6.53. The Morgan fingerprint density at radius 3 is 2.82 bits per heavy atom. The molecule has 1 aromatic carbocycles. The molecule has 1 fully saturated rings. The van der Waals surface area contributed by atoms with Crippen molar-refractivity contribution in [3.05, 3.63) is 28.7 Å². The van der Waals surface area contributed by atoms with E-state index in [1.54, 1.807) is 0 Å². The van der Waals surface area contributed by atoms with E-state index in [-0.39, 0.29) is 6.09 Å². The van der Waals surface area contributed by atoms with Gasteiger partial charge in [0.05, 0.1) is 0 Å². The number of hydrogen-bond acceptors (Lipinski definition) is 3. The second kappa shape index (κ2) is 7.36. The van der Waals surface area contributed by atoms with Gasteiger partial charge in [-0.25, -0.2) is 4.79 Å². The van der Waals surface area contributed by atoms with Crippen molar-refractivity contribution in [2.24, 2.45) is 5.92 Å². The van der Waals surface area contributed by atoms with E-state index in [9.17, 15) is 4.79 Å². The van der Waals surface area contributed by atoms with E-state index in [0.29, 0.717) is 5.92 Å². The zero-order valence-electron chi connectivity index (χ0n) is 13.6. The van der Waals surface area contributed by atoms with Crippen molar-refractivity contribution < 1.29 is 9.53 Å². The van der Waals surface area contributed by atoms with Crippen LogP contribution in [-0.2, 0) is 4.74 Å². The summed E-state index contributed by atoms with van der Waals surface area (Å²) in [6.07, 6.45) is 1.97. The molecule has 0 bridgehead atoms. The third-order valence-electron chi connectivity index (χ3n) is 3.63. The highest BCUT2D eigenvalue weighted by molar-refractivity contribution is 9.10. The number of benzene rings is 1. The van der Waals surface area contributed by atoms with Crippen LogP contribution < -0.4 is 5.32 Å². The molecular formula is C17H25BrN2O2. The molecule has 22 heavy (non-hydrogen) atoms. The fraction of sp³-hybridized carbons (Fsp3) is 0.588. The van der Waals surface area contributed by atoms with E-state index >= 15 is 0 Å². The van der Waals surface area contributed by atoms with Gasteiger partial charge >= 0.3 is 6.09 Å². The normalized spacial score (nSPS) is 18.9. The Labute approximate surface area is 141 Å². The number of nitrogens with one attached hydrogen (secondary N) is 1. The first-order valence-corrected chi connectivity index (χ1v) is 8.61. The van der Waals surface area contributed by atoms with Gasteiger partial charge in [-0.15, -0.1) is 0 Å². The summed E-state index contributed by atoms with van der Waals surface area (Å²) in [5, 5.41) is 3.46. The summed E-state index contributed by atoms with van der Waals surface area (Å²) in [5.41, 5.74) is 0.661. The van der Waals surface area contributed by atoms with Crippen molar-refractivity contribution in [2.45, 2.75) is 39.2 Å². The molecule has 1 heterocycles. The molecule has 122 valence electrons. The van der Waals surface area contributed by atoms with Crippen LogP contribution >= 0.6 is 15.9 Å². The molecule has 1 aliphatic heterocycles. The van der Waals surface area contributed by atoms with Crippen LogP contribution in [-0.4, -0.2) is 36.2 Å². The van der Waals surface area contributed by atoms with Crippen molar-refractivity contribution in [1.29, 1.82) is 0 Å². The zero-order valence-corrected chi connectivity index (χ0v) is 15.1. The van der Waals surface area contributed by atoms with Gasteiger partial charge in [-0.2, -0.15) is 0 Å². The van der Waals surface area contributed by atoms with Crippen LogP contribution in [0.25, 0.3) is 0 Å². The minimum atomic E-state index is -0.433. The van der Waals surface area contributed by atoms with Crippen LogP contribution in [0.5, 0.6) is 0 Å². The van der Waals surface area contributed by atoms with Gasteiger partial charge in [0.25, 0.3) is 0 Å². The predicted molar refractivity (Wildman–Crippen MR) is 93.2 cm³/mol. The van der Waals surface area contributed by atoms with E-state index < -0.39 is 5.60 Å². The van der Waals surface area contributed by atoms with Crippen LogP contribution in [0.2, 0.25) is 0 Å². The number of likely N-dealkylation sites (tertiary alicyclic amines) is 1. The SMILES string of the molecule is CC(C)(C)OC(=O)N1CCC[C@@H](CNc2ccccc2Br)C1. The van der Waals surface area contributed by atoms with Gasteiger partial charge in [0.2, 0.25) is 0 Å². The summed E-state index contributed by atoms with van der Waals surface area (Å²) in [4.78, 5) is 14.0. The number of carbonyl (C=O) groups is 1. The Morgan fingerprint density at radius 1 is 1.41 bits per heavy atom. The zero-order chi connectivity index (χ0) is 16.2. The molecular weight excluding hydrogens is 344 g/mol. The Morgan fingerprint density at radius 2 is 2.14 bits per heavy atom. The van der Waals surface area contributed by atoms with Gasteiger partial charge in [0.15, 0.2) is 0 Å². The Bertz CT molecular complexity index is 514. The van der Waals surface area contributed by atoms with Gasteiger partial charge in [-0.3, -0.25) is 0 Å². The minimum Gasteiger partial charge on any atom is -0.444 e. The third kappa shape index (κ3) is 5.20. The second-order valence-electron chi connectivity index (χ2n) is 6.80. The van der Waals surface area contributed by atoms with Gasteiger partial charge in [0, 0.05) is 29.8 Å². The maximum atomic E-state index is 12.2. The molecule has 0 unspecified atom stereocenters. The molecule has 5 heteroatoms. The Hall–Kier alpha value is -1.23. The lowest BCUT2D eigenvalue weighted by molar-refractivity contribution is 0.0172. The fourth-order valence-corrected chi connectivity index (χ4v) is 3.01. The van der Waals surface area contributed by atoms with Gasteiger partial charge < -0.3 is 15.0 Å². The fourth-order valence-electron chi connectivity index (χ4n) is 2.58. The van der Waals surface area contributed by atoms with E-state index in [1.807, 2.05) is 43.9 Å².